The van der Waals surface area contributed by atoms with Gasteiger partial charge in [0.1, 0.15) is 11.9 Å². The molecule has 3 N–H and O–H groups in total. The highest BCUT2D eigenvalue weighted by Crippen LogP contribution is 2.33. The number of likely N-dealkylation sites (N-methyl/N-ethyl adjacent to an activating group) is 1. The molecule has 4 heterocycles. The van der Waals surface area contributed by atoms with Crippen LogP contribution in [-0.4, -0.2) is 50.6 Å². The van der Waals surface area contributed by atoms with Crippen LogP contribution in [-0.2, 0) is 23.1 Å². The maximum atomic E-state index is 13.6. The number of nitrogens with two attached hydrogens (primary N) is 1. The first kappa shape index (κ1) is 24.4. The molecule has 35 heavy (non-hydrogen) atoms. The highest BCUT2D eigenvalue weighted by molar-refractivity contribution is 7.10. The Hall–Kier alpha value is -3.73. The molecule has 3 aromatic rings. The number of aromatic nitrogens is 3. The molecule has 0 saturated carbocycles. The summed E-state index contributed by atoms with van der Waals surface area (Å²) in [6, 6.07) is 7.25. The van der Waals surface area contributed by atoms with E-state index < -0.39 is 23.9 Å². The lowest BCUT2D eigenvalue weighted by molar-refractivity contribution is -0.156. The van der Waals surface area contributed by atoms with Crippen LogP contribution in [0.2, 0.25) is 0 Å². The van der Waals surface area contributed by atoms with Crippen molar-refractivity contribution in [1.29, 1.82) is 0 Å². The Bertz CT molecular complexity index is 1210. The number of thiophene rings is 1. The highest BCUT2D eigenvalue weighted by Gasteiger charge is 2.55. The number of carbonyl (C=O) groups is 3. The van der Waals surface area contributed by atoms with E-state index in [1.165, 1.54) is 4.90 Å². The fourth-order valence-corrected chi connectivity index (χ4v) is 5.12. The first-order valence-electron chi connectivity index (χ1n) is 11.4. The molecule has 0 unspecified atom stereocenters. The van der Waals surface area contributed by atoms with E-state index in [-0.39, 0.29) is 18.4 Å². The van der Waals surface area contributed by atoms with Gasteiger partial charge in [-0.25, -0.2) is 9.78 Å². The molecule has 11 heteroatoms. The van der Waals surface area contributed by atoms with Crippen molar-refractivity contribution in [2.24, 2.45) is 13.0 Å². The van der Waals surface area contributed by atoms with Crippen LogP contribution in [0.3, 0.4) is 0 Å². The summed E-state index contributed by atoms with van der Waals surface area (Å²) in [5.74, 6) is -0.712. The van der Waals surface area contributed by atoms with E-state index >= 15 is 0 Å². The molecule has 0 aromatic carbocycles. The van der Waals surface area contributed by atoms with E-state index in [1.807, 2.05) is 24.4 Å². The van der Waals surface area contributed by atoms with Crippen LogP contribution in [0.25, 0.3) is 0 Å². The Morgan fingerprint density at radius 1 is 1.31 bits per heavy atom. The van der Waals surface area contributed by atoms with Gasteiger partial charge in [-0.15, -0.1) is 11.3 Å². The lowest BCUT2D eigenvalue weighted by Gasteiger charge is -2.45. The minimum absolute atomic E-state index is 0.233. The summed E-state index contributed by atoms with van der Waals surface area (Å²) in [7, 11) is 3.35. The number of imide groups is 1. The lowest BCUT2D eigenvalue weighted by Crippen LogP contribution is -2.70. The van der Waals surface area contributed by atoms with E-state index in [0.29, 0.717) is 11.6 Å². The molecular formula is C24H29N7O3S. The Labute approximate surface area is 207 Å². The third kappa shape index (κ3) is 5.04. The average molecular weight is 496 g/mol. The molecule has 4 amide bonds. The summed E-state index contributed by atoms with van der Waals surface area (Å²) in [6.45, 7) is 2.03. The van der Waals surface area contributed by atoms with Crippen LogP contribution >= 0.6 is 11.3 Å². The van der Waals surface area contributed by atoms with Crippen LogP contribution in [0.4, 0.5) is 16.4 Å². The molecular weight excluding hydrogens is 466 g/mol. The summed E-state index contributed by atoms with van der Waals surface area (Å²) in [5, 5.41) is 9.20. The molecule has 3 aromatic heterocycles. The number of hydrogen-bond donors (Lipinski definition) is 2. The average Bonchev–Trinajstić information content (AvgIpc) is 3.51. The monoisotopic (exact) mass is 495 g/mol. The summed E-state index contributed by atoms with van der Waals surface area (Å²) in [4.78, 5) is 47.5. The van der Waals surface area contributed by atoms with Crippen LogP contribution in [0.5, 0.6) is 0 Å². The van der Waals surface area contributed by atoms with E-state index in [9.17, 15) is 14.4 Å². The van der Waals surface area contributed by atoms with E-state index in [1.54, 1.807) is 60.7 Å². The van der Waals surface area contributed by atoms with Gasteiger partial charge in [0, 0.05) is 37.4 Å². The molecule has 184 valence electrons. The minimum Gasteiger partial charge on any atom is -0.384 e. The number of likely N-dealkylation sites (tertiary alicyclic amines) is 1. The number of urea groups is 1. The van der Waals surface area contributed by atoms with Gasteiger partial charge in [-0.05, 0) is 42.0 Å². The van der Waals surface area contributed by atoms with Crippen molar-refractivity contribution in [3.63, 3.8) is 0 Å². The Balaban J connectivity index is 1.59. The van der Waals surface area contributed by atoms with Crippen LogP contribution in [0.1, 0.15) is 36.2 Å². The highest BCUT2D eigenvalue weighted by atomic mass is 32.1. The normalized spacial score (nSPS) is 18.1. The van der Waals surface area contributed by atoms with Gasteiger partial charge in [0.15, 0.2) is 5.82 Å². The van der Waals surface area contributed by atoms with Crippen molar-refractivity contribution in [1.82, 2.24) is 25.0 Å². The summed E-state index contributed by atoms with van der Waals surface area (Å²) >= 11 is 1.54. The topological polar surface area (TPSA) is 126 Å². The van der Waals surface area contributed by atoms with Gasteiger partial charge in [-0.2, -0.15) is 5.10 Å². The predicted octanol–water partition coefficient (Wildman–Crippen LogP) is 2.74. The van der Waals surface area contributed by atoms with Gasteiger partial charge < -0.3 is 11.1 Å². The second-order valence-corrected chi connectivity index (χ2v) is 9.58. The second-order valence-electron chi connectivity index (χ2n) is 8.60. The summed E-state index contributed by atoms with van der Waals surface area (Å²) in [6.07, 6.45) is 5.13. The number of pyridine rings is 1. The summed E-state index contributed by atoms with van der Waals surface area (Å²) < 4.78 is 1.59. The summed E-state index contributed by atoms with van der Waals surface area (Å²) in [5.41, 5.74) is 6.57. The maximum absolute atomic E-state index is 13.6. The van der Waals surface area contributed by atoms with Crippen LogP contribution < -0.4 is 16.0 Å². The van der Waals surface area contributed by atoms with Crippen molar-refractivity contribution in [2.75, 3.05) is 17.7 Å². The Morgan fingerprint density at radius 3 is 2.74 bits per heavy atom. The standard InChI is InChI=1S/C24H29N7O3S/c1-4-6-17(18-7-5-12-35-18)27-24(34)31-21(23(33)30(3)20-9-11-29(2)28-20)16(22(31)32)13-15-8-10-26-19(25)14-15/h5,7-12,14,16-17,21H,4,6,13H2,1-3H3,(H2,25,26)(H,27,34)/t16-,17-,21+/m1/s1. The second kappa shape index (κ2) is 10.3. The largest absolute Gasteiger partial charge is 0.384 e. The zero-order chi connectivity index (χ0) is 25.1. The number of hydrogen-bond acceptors (Lipinski definition) is 7. The smallest absolute Gasteiger partial charge is 0.325 e. The first-order chi connectivity index (χ1) is 16.8. The molecule has 10 nitrogen and oxygen atoms in total. The molecule has 1 aliphatic heterocycles. The Kier molecular flexibility index (Phi) is 7.15. The molecule has 0 radical (unpaired) electrons. The predicted molar refractivity (Wildman–Crippen MR) is 134 cm³/mol. The van der Waals surface area contributed by atoms with E-state index in [2.05, 4.69) is 15.4 Å². The fourth-order valence-electron chi connectivity index (χ4n) is 4.31. The number of β-lactam (4-membered cyclic amide) rings is 1. The van der Waals surface area contributed by atoms with Gasteiger partial charge >= 0.3 is 6.03 Å². The van der Waals surface area contributed by atoms with Gasteiger partial charge in [0.05, 0.1) is 12.0 Å². The van der Waals surface area contributed by atoms with Crippen molar-refractivity contribution in [3.05, 3.63) is 58.5 Å². The zero-order valence-corrected chi connectivity index (χ0v) is 20.7. The number of amides is 4. The number of nitrogens with one attached hydrogen (secondary N) is 1. The SMILES string of the molecule is CCC[C@@H](NC(=O)N1C(=O)[C@H](Cc2ccnc(N)c2)[C@H]1C(=O)N(C)c1ccn(C)n1)c1cccs1. The van der Waals surface area contributed by atoms with E-state index in [4.69, 9.17) is 5.73 Å². The molecule has 1 aliphatic rings. The third-order valence-electron chi connectivity index (χ3n) is 6.12. The van der Waals surface area contributed by atoms with Gasteiger partial charge in [-0.3, -0.25) is 24.1 Å². The van der Waals surface area contributed by atoms with Crippen molar-refractivity contribution in [3.8, 4) is 0 Å². The van der Waals surface area contributed by atoms with Crippen molar-refractivity contribution < 1.29 is 14.4 Å². The number of nitrogen functional groups attached to an aromatic ring is 1. The first-order valence-corrected chi connectivity index (χ1v) is 12.3. The molecule has 3 atom stereocenters. The van der Waals surface area contributed by atoms with Crippen LogP contribution in [0, 0.1) is 5.92 Å². The quantitative estimate of drug-likeness (QED) is 0.463. The van der Waals surface area contributed by atoms with E-state index in [0.717, 1.165) is 28.2 Å². The third-order valence-corrected chi connectivity index (χ3v) is 7.11. The molecule has 1 fully saturated rings. The minimum atomic E-state index is -0.963. The Morgan fingerprint density at radius 2 is 2.11 bits per heavy atom. The fraction of sp³-hybridized carbons (Fsp3) is 0.375. The number of anilines is 2. The molecule has 1 saturated heterocycles. The maximum Gasteiger partial charge on any atom is 0.325 e. The van der Waals surface area contributed by atoms with Crippen molar-refractivity contribution in [2.45, 2.75) is 38.3 Å². The molecule has 0 bridgehead atoms. The molecule has 0 spiro atoms. The van der Waals surface area contributed by atoms with Gasteiger partial charge in [0.25, 0.3) is 5.91 Å². The number of aryl methyl sites for hydroxylation is 1. The van der Waals surface area contributed by atoms with Crippen LogP contribution in [0.15, 0.2) is 48.1 Å². The zero-order valence-electron chi connectivity index (χ0n) is 19.9. The van der Waals surface area contributed by atoms with Crippen molar-refractivity contribution >= 4 is 40.8 Å². The van der Waals surface area contributed by atoms with Gasteiger partial charge in [0.2, 0.25) is 5.91 Å². The number of rotatable bonds is 8. The molecule has 4 rings (SSSR count). The van der Waals surface area contributed by atoms with Gasteiger partial charge in [-0.1, -0.05) is 19.4 Å². The number of carbonyl (C=O) groups excluding carboxylic acids is 3. The lowest BCUT2D eigenvalue weighted by atomic mass is 9.81. The number of nitrogens with zero attached hydrogens (tertiary/aromatic N) is 5. The molecule has 0 aliphatic carbocycles.